The fourth-order valence-corrected chi connectivity index (χ4v) is 5.30. The van der Waals surface area contributed by atoms with E-state index in [-0.39, 0.29) is 16.7 Å². The molecule has 1 atom stereocenters. The van der Waals surface area contributed by atoms with Gasteiger partial charge < -0.3 is 15.7 Å². The summed E-state index contributed by atoms with van der Waals surface area (Å²) in [5.41, 5.74) is 2.11. The summed E-state index contributed by atoms with van der Waals surface area (Å²) in [6.45, 7) is 20.6. The fraction of sp³-hybridized carbons (Fsp3) is 0.484. The quantitative estimate of drug-likeness (QED) is 0.425. The van der Waals surface area contributed by atoms with Crippen molar-refractivity contribution < 1.29 is 14.7 Å². The number of rotatable bonds is 1. The number of amides is 2. The third-order valence-electron chi connectivity index (χ3n) is 8.18. The lowest BCUT2D eigenvalue weighted by atomic mass is 9.63. The van der Waals surface area contributed by atoms with Crippen molar-refractivity contribution in [3.8, 4) is 0 Å². The number of carbonyl (C=O) groups is 2. The Morgan fingerprint density at radius 2 is 1.22 bits per heavy atom. The van der Waals surface area contributed by atoms with E-state index in [4.69, 9.17) is 0 Å². The van der Waals surface area contributed by atoms with E-state index in [0.717, 1.165) is 27.9 Å². The van der Waals surface area contributed by atoms with Crippen molar-refractivity contribution in [3.05, 3.63) is 70.3 Å². The summed E-state index contributed by atoms with van der Waals surface area (Å²) in [7, 11) is 0. The maximum Gasteiger partial charge on any atom is 0.261 e. The van der Waals surface area contributed by atoms with Crippen LogP contribution in [0.4, 0.5) is 11.4 Å². The highest BCUT2D eigenvalue weighted by atomic mass is 16.3. The lowest BCUT2D eigenvalue weighted by Crippen LogP contribution is -2.59. The second-order valence-electron chi connectivity index (χ2n) is 13.5. The van der Waals surface area contributed by atoms with Crippen molar-refractivity contribution in [1.29, 1.82) is 0 Å². The van der Waals surface area contributed by atoms with Gasteiger partial charge in [0.15, 0.2) is 5.60 Å². The number of benzene rings is 2. The summed E-state index contributed by atoms with van der Waals surface area (Å²) in [5.74, 6) is -0.837. The van der Waals surface area contributed by atoms with Crippen LogP contribution in [0.25, 0.3) is 0 Å². The van der Waals surface area contributed by atoms with Crippen molar-refractivity contribution in [2.75, 3.05) is 10.6 Å². The van der Waals surface area contributed by atoms with Crippen LogP contribution in [0.5, 0.6) is 0 Å². The molecule has 5 heteroatoms. The number of aliphatic hydroxyl groups is 1. The van der Waals surface area contributed by atoms with Crippen LogP contribution in [0.15, 0.2) is 48.0 Å². The standard InChI is InChI=1S/C31H40N2O3/c1-27(2,3)18-11-13-23-20(15-18)29(7,8)22(25(34)32-23)17-31(36)26(35)33-24-14-12-19(28(4,5)6)16-21(24)30(31,9)10/h11-17,36H,1-10H3,(H,32,34)(H,33,35)/b22-17+. The first-order chi connectivity index (χ1) is 16.3. The third-order valence-corrected chi connectivity index (χ3v) is 8.18. The summed E-state index contributed by atoms with van der Waals surface area (Å²) >= 11 is 0. The molecule has 36 heavy (non-hydrogen) atoms. The van der Waals surface area contributed by atoms with E-state index in [1.807, 2.05) is 52.0 Å². The molecule has 0 radical (unpaired) electrons. The molecule has 192 valence electrons. The van der Waals surface area contributed by atoms with Gasteiger partial charge in [-0.2, -0.15) is 0 Å². The summed E-state index contributed by atoms with van der Waals surface area (Å²) in [6, 6.07) is 12.1. The largest absolute Gasteiger partial charge is 0.375 e. The zero-order valence-corrected chi connectivity index (χ0v) is 23.3. The molecule has 0 bridgehead atoms. The van der Waals surface area contributed by atoms with E-state index >= 15 is 0 Å². The SMILES string of the molecule is CC(C)(C)c1ccc2c(c1)C(C)(C)/C(=C/C1(O)C(=O)Nc3ccc(C(C)(C)C)cc3C1(C)C)C(=O)N2. The van der Waals surface area contributed by atoms with Crippen LogP contribution < -0.4 is 10.6 Å². The van der Waals surface area contributed by atoms with Crippen molar-refractivity contribution in [3.63, 3.8) is 0 Å². The predicted octanol–water partition coefficient (Wildman–Crippen LogP) is 6.10. The maximum absolute atomic E-state index is 13.5. The minimum Gasteiger partial charge on any atom is -0.375 e. The number of hydrogen-bond donors (Lipinski definition) is 3. The molecule has 0 aromatic heterocycles. The Hall–Kier alpha value is -2.92. The number of anilines is 2. The number of fused-ring (bicyclic) bond motifs is 2. The van der Waals surface area contributed by atoms with Gasteiger partial charge in [0.25, 0.3) is 11.8 Å². The van der Waals surface area contributed by atoms with E-state index in [1.54, 1.807) is 0 Å². The predicted molar refractivity (Wildman–Crippen MR) is 147 cm³/mol. The topological polar surface area (TPSA) is 78.4 Å². The molecule has 2 amide bonds. The van der Waals surface area contributed by atoms with Gasteiger partial charge in [0.2, 0.25) is 0 Å². The summed E-state index contributed by atoms with van der Waals surface area (Å²) in [5, 5.41) is 18.0. The van der Waals surface area contributed by atoms with Gasteiger partial charge in [0.05, 0.1) is 0 Å². The Bertz CT molecular complexity index is 1300. The molecule has 0 spiro atoms. The summed E-state index contributed by atoms with van der Waals surface area (Å²) < 4.78 is 0. The highest BCUT2D eigenvalue weighted by Gasteiger charge is 2.55. The lowest BCUT2D eigenvalue weighted by molar-refractivity contribution is -0.135. The fourth-order valence-electron chi connectivity index (χ4n) is 5.30. The van der Waals surface area contributed by atoms with Crippen LogP contribution in [0.2, 0.25) is 0 Å². The first-order valence-electron chi connectivity index (χ1n) is 12.7. The van der Waals surface area contributed by atoms with E-state index in [9.17, 15) is 14.7 Å². The Kier molecular flexibility index (Phi) is 5.66. The molecule has 1 unspecified atom stereocenters. The lowest BCUT2D eigenvalue weighted by Gasteiger charge is -2.46. The zero-order chi connectivity index (χ0) is 27.1. The van der Waals surface area contributed by atoms with Crippen LogP contribution in [-0.4, -0.2) is 22.5 Å². The van der Waals surface area contributed by atoms with Crippen LogP contribution in [-0.2, 0) is 31.2 Å². The zero-order valence-electron chi connectivity index (χ0n) is 23.3. The van der Waals surface area contributed by atoms with Gasteiger partial charge in [-0.1, -0.05) is 93.5 Å². The minimum atomic E-state index is -1.93. The molecule has 0 fully saturated rings. The van der Waals surface area contributed by atoms with E-state index in [0.29, 0.717) is 11.3 Å². The molecule has 4 rings (SSSR count). The van der Waals surface area contributed by atoms with Crippen LogP contribution in [0.1, 0.15) is 91.5 Å². The average molecular weight is 489 g/mol. The highest BCUT2D eigenvalue weighted by molar-refractivity contribution is 6.11. The van der Waals surface area contributed by atoms with E-state index in [2.05, 4.69) is 64.3 Å². The molecular formula is C31H40N2O3. The monoisotopic (exact) mass is 488 g/mol. The first kappa shape index (κ1) is 26.2. The smallest absolute Gasteiger partial charge is 0.261 e. The maximum atomic E-state index is 13.5. The van der Waals surface area contributed by atoms with Crippen molar-refractivity contribution in [1.82, 2.24) is 0 Å². The molecule has 0 aliphatic carbocycles. The minimum absolute atomic E-state index is 0.0611. The normalized spacial score (nSPS) is 24.0. The molecule has 0 saturated heterocycles. The number of carbonyl (C=O) groups excluding carboxylic acids is 2. The van der Waals surface area contributed by atoms with Gasteiger partial charge >= 0.3 is 0 Å². The van der Waals surface area contributed by atoms with E-state index in [1.165, 1.54) is 6.08 Å². The van der Waals surface area contributed by atoms with Crippen LogP contribution >= 0.6 is 0 Å². The molecule has 2 aromatic rings. The summed E-state index contributed by atoms with van der Waals surface area (Å²) in [6.07, 6.45) is 1.50. The van der Waals surface area contributed by atoms with Gasteiger partial charge in [-0.15, -0.1) is 0 Å². The first-order valence-corrected chi connectivity index (χ1v) is 12.7. The summed E-state index contributed by atoms with van der Waals surface area (Å²) in [4.78, 5) is 26.9. The molecule has 0 saturated carbocycles. The van der Waals surface area contributed by atoms with Gasteiger partial charge in [-0.3, -0.25) is 9.59 Å². The van der Waals surface area contributed by atoms with Gasteiger partial charge in [-0.05, 0) is 51.3 Å². The molecular weight excluding hydrogens is 448 g/mol. The molecule has 3 N–H and O–H groups in total. The van der Waals surface area contributed by atoms with Gasteiger partial charge in [-0.25, -0.2) is 0 Å². The molecule has 2 aliphatic heterocycles. The molecule has 2 heterocycles. The Morgan fingerprint density at radius 1 is 0.750 bits per heavy atom. The number of nitrogens with one attached hydrogen (secondary N) is 2. The Labute approximate surface area is 215 Å². The molecule has 5 nitrogen and oxygen atoms in total. The van der Waals surface area contributed by atoms with Crippen molar-refractivity contribution in [2.45, 2.75) is 96.5 Å². The second kappa shape index (κ2) is 7.79. The highest BCUT2D eigenvalue weighted by Crippen LogP contribution is 2.49. The third kappa shape index (κ3) is 3.88. The Balaban J connectivity index is 1.89. The average Bonchev–Trinajstić information content (AvgIpc) is 2.74. The van der Waals surface area contributed by atoms with Crippen molar-refractivity contribution >= 4 is 23.2 Å². The van der Waals surface area contributed by atoms with Crippen molar-refractivity contribution in [2.24, 2.45) is 0 Å². The van der Waals surface area contributed by atoms with Crippen LogP contribution in [0, 0.1) is 0 Å². The molecule has 2 aliphatic rings. The van der Waals surface area contributed by atoms with E-state index < -0.39 is 22.3 Å². The molecule has 2 aromatic carbocycles. The Morgan fingerprint density at radius 3 is 1.72 bits per heavy atom. The number of hydrogen-bond acceptors (Lipinski definition) is 3. The van der Waals surface area contributed by atoms with Gasteiger partial charge in [0, 0.05) is 27.8 Å². The van der Waals surface area contributed by atoms with Crippen LogP contribution in [0.3, 0.4) is 0 Å². The van der Waals surface area contributed by atoms with Gasteiger partial charge in [0.1, 0.15) is 0 Å². The second-order valence-corrected chi connectivity index (χ2v) is 13.5.